The van der Waals surface area contributed by atoms with E-state index in [2.05, 4.69) is 4.98 Å². The highest BCUT2D eigenvalue weighted by atomic mass is 35.5. The Kier molecular flexibility index (Phi) is 3.66. The lowest BCUT2D eigenvalue weighted by molar-refractivity contribution is 0.0960. The summed E-state index contributed by atoms with van der Waals surface area (Å²) in [6.07, 6.45) is 1.24. The van der Waals surface area contributed by atoms with Gasteiger partial charge in [-0.2, -0.15) is 0 Å². The highest BCUT2D eigenvalue weighted by Gasteiger charge is 2.30. The minimum atomic E-state index is -0.361. The first-order valence-corrected chi connectivity index (χ1v) is 7.31. The number of carbonyl (C=O) groups is 1. The second-order valence-corrected chi connectivity index (χ2v) is 5.73. The van der Waals surface area contributed by atoms with Crippen LogP contribution in [0.15, 0.2) is 35.3 Å². The minimum Gasteiger partial charge on any atom is -0.485 e. The van der Waals surface area contributed by atoms with Crippen LogP contribution in [0.4, 0.5) is 5.69 Å². The van der Waals surface area contributed by atoms with Crippen molar-refractivity contribution < 1.29 is 9.53 Å². The molecule has 0 saturated heterocycles. The van der Waals surface area contributed by atoms with Crippen LogP contribution in [0.5, 0.6) is 5.75 Å². The van der Waals surface area contributed by atoms with Gasteiger partial charge in [-0.3, -0.25) is 9.59 Å². The molecule has 2 heterocycles. The third-order valence-electron chi connectivity index (χ3n) is 3.53. The normalized spacial score (nSPS) is 16.9. The van der Waals surface area contributed by atoms with E-state index in [0.29, 0.717) is 28.7 Å². The number of H-pyrrole nitrogens is 1. The molecule has 0 saturated carbocycles. The standard InChI is InChI=1S/C16H15ClN2O3/c1-9-6-14(20)11(7-18-9)16(21)19-8-10(2)22-15-12(17)4-3-5-13(15)19/h3-7,10H,8H2,1-2H3,(H,18,20)/t10-/m0/s1. The number of nitrogens with zero attached hydrogens (tertiary/aromatic N) is 1. The summed E-state index contributed by atoms with van der Waals surface area (Å²) >= 11 is 6.14. The van der Waals surface area contributed by atoms with Gasteiger partial charge in [0.1, 0.15) is 11.7 Å². The number of pyridine rings is 1. The maximum Gasteiger partial charge on any atom is 0.263 e. The van der Waals surface area contributed by atoms with E-state index < -0.39 is 0 Å². The fraction of sp³-hybridized carbons (Fsp3) is 0.250. The lowest BCUT2D eigenvalue weighted by Gasteiger charge is -2.33. The maximum absolute atomic E-state index is 12.8. The molecule has 1 aliphatic rings. The number of nitrogens with one attached hydrogen (secondary N) is 1. The van der Waals surface area contributed by atoms with E-state index in [9.17, 15) is 9.59 Å². The molecule has 0 aliphatic carbocycles. The molecule has 1 aromatic heterocycles. The van der Waals surface area contributed by atoms with Crippen molar-refractivity contribution in [2.75, 3.05) is 11.4 Å². The minimum absolute atomic E-state index is 0.102. The zero-order valence-corrected chi connectivity index (χ0v) is 13.0. The molecular weight excluding hydrogens is 304 g/mol. The average Bonchev–Trinajstić information content (AvgIpc) is 2.47. The number of halogens is 1. The summed E-state index contributed by atoms with van der Waals surface area (Å²) in [7, 11) is 0. The SMILES string of the molecule is Cc1cc(=O)c(C(=O)N2C[C@H](C)Oc3c(Cl)cccc32)c[nH]1. The van der Waals surface area contributed by atoms with Gasteiger partial charge >= 0.3 is 0 Å². The Morgan fingerprint density at radius 1 is 1.45 bits per heavy atom. The van der Waals surface area contributed by atoms with E-state index in [1.165, 1.54) is 17.2 Å². The van der Waals surface area contributed by atoms with Crippen molar-refractivity contribution in [3.63, 3.8) is 0 Å². The summed E-state index contributed by atoms with van der Waals surface area (Å²) in [5.74, 6) is 0.111. The van der Waals surface area contributed by atoms with Crippen LogP contribution in [0.1, 0.15) is 23.0 Å². The van der Waals surface area contributed by atoms with Gasteiger partial charge in [-0.25, -0.2) is 0 Å². The highest BCUT2D eigenvalue weighted by molar-refractivity contribution is 6.32. The van der Waals surface area contributed by atoms with Gasteiger partial charge in [-0.1, -0.05) is 17.7 Å². The largest absolute Gasteiger partial charge is 0.485 e. The number of anilines is 1. The Bertz CT molecular complexity index is 800. The Labute approximate surface area is 132 Å². The number of rotatable bonds is 1. The number of aryl methyl sites for hydroxylation is 1. The van der Waals surface area contributed by atoms with Crippen LogP contribution in [0.3, 0.4) is 0 Å². The number of aromatic nitrogens is 1. The highest BCUT2D eigenvalue weighted by Crippen LogP contribution is 2.39. The number of amides is 1. The van der Waals surface area contributed by atoms with Gasteiger partial charge in [0.2, 0.25) is 0 Å². The van der Waals surface area contributed by atoms with Crippen LogP contribution in [0.2, 0.25) is 5.02 Å². The predicted octanol–water partition coefficient (Wildman–Crippen LogP) is 2.76. The molecular formula is C16H15ClN2O3. The van der Waals surface area contributed by atoms with Gasteiger partial charge < -0.3 is 14.6 Å². The topological polar surface area (TPSA) is 62.4 Å². The Morgan fingerprint density at radius 2 is 2.23 bits per heavy atom. The number of hydrogen-bond donors (Lipinski definition) is 1. The van der Waals surface area contributed by atoms with E-state index >= 15 is 0 Å². The van der Waals surface area contributed by atoms with Gasteiger partial charge in [0.15, 0.2) is 11.2 Å². The fourth-order valence-corrected chi connectivity index (χ4v) is 2.71. The molecule has 3 rings (SSSR count). The molecule has 0 fully saturated rings. The molecule has 1 aliphatic heterocycles. The number of fused-ring (bicyclic) bond motifs is 1. The molecule has 1 aromatic carbocycles. The summed E-state index contributed by atoms with van der Waals surface area (Å²) in [6.45, 7) is 3.98. The van der Waals surface area contributed by atoms with E-state index in [0.717, 1.165) is 0 Å². The second kappa shape index (κ2) is 5.50. The molecule has 114 valence electrons. The van der Waals surface area contributed by atoms with Gasteiger partial charge in [0.25, 0.3) is 5.91 Å². The van der Waals surface area contributed by atoms with Gasteiger partial charge in [-0.15, -0.1) is 0 Å². The summed E-state index contributed by atoms with van der Waals surface area (Å²) < 4.78 is 5.72. The third kappa shape index (κ3) is 2.48. The van der Waals surface area contributed by atoms with Crippen molar-refractivity contribution >= 4 is 23.2 Å². The molecule has 1 N–H and O–H groups in total. The van der Waals surface area contributed by atoms with Crippen LogP contribution in [-0.4, -0.2) is 23.5 Å². The van der Waals surface area contributed by atoms with Crippen LogP contribution in [0, 0.1) is 6.92 Å². The molecule has 0 bridgehead atoms. The average molecular weight is 319 g/mol. The second-order valence-electron chi connectivity index (χ2n) is 5.33. The van der Waals surface area contributed by atoms with Crippen molar-refractivity contribution in [1.29, 1.82) is 0 Å². The first kappa shape index (κ1) is 14.7. The van der Waals surface area contributed by atoms with Gasteiger partial charge in [0.05, 0.1) is 17.3 Å². The van der Waals surface area contributed by atoms with Gasteiger partial charge in [-0.05, 0) is 26.0 Å². The van der Waals surface area contributed by atoms with Gasteiger partial charge in [0, 0.05) is 18.0 Å². The molecule has 0 radical (unpaired) electrons. The summed E-state index contributed by atoms with van der Waals surface area (Å²) in [5.41, 5.74) is 1.09. The first-order valence-electron chi connectivity index (χ1n) is 6.93. The number of benzene rings is 1. The number of hydrogen-bond acceptors (Lipinski definition) is 3. The predicted molar refractivity (Wildman–Crippen MR) is 85.0 cm³/mol. The zero-order valence-electron chi connectivity index (χ0n) is 12.2. The number of para-hydroxylation sites is 1. The number of ether oxygens (including phenoxy) is 1. The van der Waals surface area contributed by atoms with Crippen molar-refractivity contribution in [2.45, 2.75) is 20.0 Å². The quantitative estimate of drug-likeness (QED) is 0.879. The number of carbonyl (C=O) groups excluding carboxylic acids is 1. The van der Waals surface area contributed by atoms with E-state index in [-0.39, 0.29) is 23.0 Å². The molecule has 0 unspecified atom stereocenters. The molecule has 1 amide bonds. The Morgan fingerprint density at radius 3 is 2.95 bits per heavy atom. The molecule has 5 nitrogen and oxygen atoms in total. The van der Waals surface area contributed by atoms with Crippen molar-refractivity contribution in [2.24, 2.45) is 0 Å². The maximum atomic E-state index is 12.8. The van der Waals surface area contributed by atoms with Crippen molar-refractivity contribution in [1.82, 2.24) is 4.98 Å². The van der Waals surface area contributed by atoms with Crippen LogP contribution >= 0.6 is 11.6 Å². The van der Waals surface area contributed by atoms with Crippen molar-refractivity contribution in [3.05, 3.63) is 57.0 Å². The molecule has 0 spiro atoms. The van der Waals surface area contributed by atoms with Crippen LogP contribution in [0.25, 0.3) is 0 Å². The zero-order chi connectivity index (χ0) is 15.9. The summed E-state index contributed by atoms with van der Waals surface area (Å²) in [6, 6.07) is 6.63. The van der Waals surface area contributed by atoms with E-state index in [1.54, 1.807) is 25.1 Å². The molecule has 1 atom stereocenters. The summed E-state index contributed by atoms with van der Waals surface area (Å²) in [4.78, 5) is 29.3. The smallest absolute Gasteiger partial charge is 0.263 e. The molecule has 2 aromatic rings. The number of aromatic amines is 1. The van der Waals surface area contributed by atoms with Crippen LogP contribution < -0.4 is 15.1 Å². The molecule has 22 heavy (non-hydrogen) atoms. The van der Waals surface area contributed by atoms with E-state index in [4.69, 9.17) is 16.3 Å². The monoisotopic (exact) mass is 318 g/mol. The Hall–Kier alpha value is -2.27. The van der Waals surface area contributed by atoms with Crippen molar-refractivity contribution in [3.8, 4) is 5.75 Å². The van der Waals surface area contributed by atoms with E-state index in [1.807, 2.05) is 6.92 Å². The molecule has 6 heteroatoms. The lowest BCUT2D eigenvalue weighted by atomic mass is 10.1. The van der Waals surface area contributed by atoms with Crippen LogP contribution in [-0.2, 0) is 0 Å². The lowest BCUT2D eigenvalue weighted by Crippen LogP contribution is -2.43. The third-order valence-corrected chi connectivity index (χ3v) is 3.83. The Balaban J connectivity index is 2.07. The first-order chi connectivity index (χ1) is 10.5. The summed E-state index contributed by atoms with van der Waals surface area (Å²) in [5, 5.41) is 0.444. The fourth-order valence-electron chi connectivity index (χ4n) is 2.50.